The van der Waals surface area contributed by atoms with Crippen LogP contribution in [0.25, 0.3) is 11.2 Å². The van der Waals surface area contributed by atoms with E-state index in [0.29, 0.717) is 12.1 Å². The van der Waals surface area contributed by atoms with E-state index < -0.39 is 0 Å². The Kier molecular flexibility index (Phi) is 2.86. The normalized spacial score (nSPS) is 11.1. The molecule has 3 heterocycles. The molecule has 0 amide bonds. The zero-order valence-electron chi connectivity index (χ0n) is 11.7. The summed E-state index contributed by atoms with van der Waals surface area (Å²) in [7, 11) is 0. The largest absolute Gasteiger partial charge is 0.301 e. The van der Waals surface area contributed by atoms with Gasteiger partial charge in [-0.3, -0.25) is 4.79 Å². The van der Waals surface area contributed by atoms with Crippen molar-refractivity contribution in [2.24, 2.45) is 0 Å². The molecule has 22 heavy (non-hydrogen) atoms. The molecule has 0 aliphatic heterocycles. The maximum atomic E-state index is 12.4. The smallest absolute Gasteiger partial charge is 0.291 e. The van der Waals surface area contributed by atoms with E-state index >= 15 is 0 Å². The van der Waals surface area contributed by atoms with E-state index in [-0.39, 0.29) is 5.56 Å². The van der Waals surface area contributed by atoms with Gasteiger partial charge < -0.3 is 4.40 Å². The minimum atomic E-state index is -0.109. The van der Waals surface area contributed by atoms with Gasteiger partial charge in [-0.15, -0.1) is 0 Å². The van der Waals surface area contributed by atoms with E-state index in [1.165, 1.54) is 4.68 Å². The minimum Gasteiger partial charge on any atom is -0.301 e. The Morgan fingerprint density at radius 2 is 1.86 bits per heavy atom. The van der Waals surface area contributed by atoms with E-state index in [1.54, 1.807) is 27.7 Å². The van der Waals surface area contributed by atoms with Crippen LogP contribution >= 0.6 is 0 Å². The first kappa shape index (κ1) is 12.6. The second-order valence-corrected chi connectivity index (χ2v) is 4.97. The first-order valence-corrected chi connectivity index (χ1v) is 6.94. The van der Waals surface area contributed by atoms with Crippen molar-refractivity contribution in [3.8, 4) is 5.69 Å². The van der Waals surface area contributed by atoms with Gasteiger partial charge in [0.05, 0.1) is 12.2 Å². The molecule has 4 aromatic rings. The topological polar surface area (TPSA) is 57.1 Å². The third-order valence-corrected chi connectivity index (χ3v) is 3.61. The molecule has 108 valence electrons. The molecule has 0 aliphatic carbocycles. The monoisotopic (exact) mass is 291 g/mol. The van der Waals surface area contributed by atoms with Crippen LogP contribution in [0.15, 0.2) is 72.2 Å². The minimum absolute atomic E-state index is 0.109. The van der Waals surface area contributed by atoms with Crippen LogP contribution in [0.1, 0.15) is 5.56 Å². The van der Waals surface area contributed by atoms with Crippen LogP contribution in [0.2, 0.25) is 0 Å². The predicted molar refractivity (Wildman–Crippen MR) is 82.1 cm³/mol. The van der Waals surface area contributed by atoms with Crippen molar-refractivity contribution < 1.29 is 0 Å². The average Bonchev–Trinajstić information content (AvgIpc) is 3.22. The Morgan fingerprint density at radius 3 is 2.73 bits per heavy atom. The van der Waals surface area contributed by atoms with Crippen LogP contribution in [-0.2, 0) is 6.54 Å². The molecule has 0 saturated carbocycles. The van der Waals surface area contributed by atoms with E-state index in [4.69, 9.17) is 0 Å². The van der Waals surface area contributed by atoms with Gasteiger partial charge in [0.15, 0.2) is 0 Å². The third-order valence-electron chi connectivity index (χ3n) is 3.61. The van der Waals surface area contributed by atoms with Gasteiger partial charge in [-0.1, -0.05) is 18.2 Å². The fourth-order valence-electron chi connectivity index (χ4n) is 2.53. The summed E-state index contributed by atoms with van der Waals surface area (Å²) < 4.78 is 4.98. The Bertz CT molecular complexity index is 981. The highest BCUT2D eigenvalue weighted by Gasteiger charge is 2.08. The number of fused-ring (bicyclic) bond motifs is 1. The average molecular weight is 291 g/mol. The second-order valence-electron chi connectivity index (χ2n) is 4.97. The van der Waals surface area contributed by atoms with E-state index in [0.717, 1.165) is 11.3 Å². The summed E-state index contributed by atoms with van der Waals surface area (Å²) in [5.41, 5.74) is 2.43. The molecular weight excluding hydrogens is 278 g/mol. The second kappa shape index (κ2) is 5.00. The Morgan fingerprint density at radius 1 is 0.955 bits per heavy atom. The van der Waals surface area contributed by atoms with Crippen molar-refractivity contribution in [1.82, 2.24) is 24.0 Å². The Balaban J connectivity index is 1.80. The van der Waals surface area contributed by atoms with Crippen molar-refractivity contribution in [3.63, 3.8) is 0 Å². The van der Waals surface area contributed by atoms with E-state index in [9.17, 15) is 4.79 Å². The van der Waals surface area contributed by atoms with E-state index in [2.05, 4.69) is 10.2 Å². The van der Waals surface area contributed by atoms with Gasteiger partial charge in [0.2, 0.25) is 0 Å². The molecule has 0 fully saturated rings. The molecular formula is C16H13N5O. The van der Waals surface area contributed by atoms with Gasteiger partial charge in [0.25, 0.3) is 5.56 Å². The number of rotatable bonds is 3. The number of hydrogen-bond donors (Lipinski definition) is 0. The molecule has 0 saturated heterocycles. The first-order chi connectivity index (χ1) is 10.8. The molecule has 4 rings (SSSR count). The maximum Gasteiger partial charge on any atom is 0.291 e. The predicted octanol–water partition coefficient (Wildman–Crippen LogP) is 1.73. The Hall–Kier alpha value is -3.15. The molecule has 6 nitrogen and oxygen atoms in total. The standard InChI is InChI=1S/C16H13N5O/c22-16-15-7-3-9-19(15)12-18-21(16)11-13-5-1-2-6-14(13)20-10-4-8-17-20/h1-10,12H,11H2. The molecule has 3 aromatic heterocycles. The molecule has 0 aliphatic rings. The van der Waals surface area contributed by atoms with Gasteiger partial charge in [-0.2, -0.15) is 10.2 Å². The lowest BCUT2D eigenvalue weighted by molar-refractivity contribution is 0.624. The zero-order chi connectivity index (χ0) is 14.9. The number of para-hydroxylation sites is 1. The lowest BCUT2D eigenvalue weighted by Crippen LogP contribution is -2.25. The SMILES string of the molecule is O=c1c2cccn2cnn1Cc1ccccc1-n1cccn1. The first-order valence-electron chi connectivity index (χ1n) is 6.94. The van der Waals surface area contributed by atoms with Gasteiger partial charge in [-0.25, -0.2) is 9.36 Å². The summed E-state index contributed by atoms with van der Waals surface area (Å²) in [6.45, 7) is 0.399. The van der Waals surface area contributed by atoms with Crippen molar-refractivity contribution >= 4 is 5.52 Å². The van der Waals surface area contributed by atoms with Crippen molar-refractivity contribution in [1.29, 1.82) is 0 Å². The van der Waals surface area contributed by atoms with Crippen molar-refractivity contribution in [2.45, 2.75) is 6.54 Å². The molecule has 0 atom stereocenters. The molecule has 0 bridgehead atoms. The number of nitrogens with zero attached hydrogens (tertiary/aromatic N) is 5. The highest BCUT2D eigenvalue weighted by Crippen LogP contribution is 2.14. The van der Waals surface area contributed by atoms with Gasteiger partial charge in [0, 0.05) is 18.6 Å². The highest BCUT2D eigenvalue weighted by atomic mass is 16.1. The molecule has 1 aromatic carbocycles. The fraction of sp³-hybridized carbons (Fsp3) is 0.0625. The lowest BCUT2D eigenvalue weighted by atomic mass is 10.2. The lowest BCUT2D eigenvalue weighted by Gasteiger charge is -2.10. The van der Waals surface area contributed by atoms with Crippen molar-refractivity contribution in [2.75, 3.05) is 0 Å². The zero-order valence-corrected chi connectivity index (χ0v) is 11.7. The van der Waals surface area contributed by atoms with Crippen LogP contribution in [0.4, 0.5) is 0 Å². The molecule has 0 spiro atoms. The Labute approximate surface area is 125 Å². The van der Waals surface area contributed by atoms with Gasteiger partial charge in [-0.05, 0) is 29.8 Å². The van der Waals surface area contributed by atoms with Crippen LogP contribution in [0, 0.1) is 0 Å². The summed E-state index contributed by atoms with van der Waals surface area (Å²) in [6.07, 6.45) is 7.07. The summed E-state index contributed by atoms with van der Waals surface area (Å²) in [5, 5.41) is 8.49. The van der Waals surface area contributed by atoms with Gasteiger partial charge in [0.1, 0.15) is 11.8 Å². The molecule has 6 heteroatoms. The van der Waals surface area contributed by atoms with Crippen LogP contribution < -0.4 is 5.56 Å². The quantitative estimate of drug-likeness (QED) is 0.577. The molecule has 0 unspecified atom stereocenters. The van der Waals surface area contributed by atoms with E-state index in [1.807, 2.05) is 48.8 Å². The number of hydrogen-bond acceptors (Lipinski definition) is 3. The highest BCUT2D eigenvalue weighted by molar-refractivity contribution is 5.45. The number of aromatic nitrogens is 5. The van der Waals surface area contributed by atoms with Crippen molar-refractivity contribution in [3.05, 3.63) is 83.3 Å². The molecule has 0 radical (unpaired) electrons. The summed E-state index contributed by atoms with van der Waals surface area (Å²) in [6, 6.07) is 13.3. The summed E-state index contributed by atoms with van der Waals surface area (Å²) >= 11 is 0. The van der Waals surface area contributed by atoms with Crippen LogP contribution in [0.5, 0.6) is 0 Å². The van der Waals surface area contributed by atoms with Crippen LogP contribution in [-0.4, -0.2) is 24.0 Å². The summed E-state index contributed by atoms with van der Waals surface area (Å²) in [5.74, 6) is 0. The third kappa shape index (κ3) is 2.01. The fourth-order valence-corrected chi connectivity index (χ4v) is 2.53. The van der Waals surface area contributed by atoms with Crippen LogP contribution in [0.3, 0.4) is 0 Å². The summed E-state index contributed by atoms with van der Waals surface area (Å²) in [4.78, 5) is 12.4. The van der Waals surface area contributed by atoms with Gasteiger partial charge >= 0.3 is 0 Å². The molecule has 0 N–H and O–H groups in total. The number of benzene rings is 1. The maximum absolute atomic E-state index is 12.4.